The van der Waals surface area contributed by atoms with E-state index < -0.39 is 0 Å². The standard InChI is InChI=1S/C13H21N5O2/c1-3-10-15-11(8-12(19)16-10)17(2)9-13(20)18-6-4-14-5-7-18/h8,14H,3-7,9H2,1-2H3,(H,15,16,19). The van der Waals surface area contributed by atoms with Crippen molar-refractivity contribution in [3.63, 3.8) is 0 Å². The van der Waals surface area contributed by atoms with Crippen molar-refractivity contribution in [2.24, 2.45) is 0 Å². The molecule has 1 saturated heterocycles. The Bertz CT molecular complexity index is 522. The maximum absolute atomic E-state index is 12.2. The number of rotatable bonds is 4. The van der Waals surface area contributed by atoms with Gasteiger partial charge in [0.25, 0.3) is 5.56 Å². The highest BCUT2D eigenvalue weighted by Crippen LogP contribution is 2.06. The lowest BCUT2D eigenvalue weighted by Crippen LogP contribution is -2.49. The van der Waals surface area contributed by atoms with E-state index in [1.54, 1.807) is 11.9 Å². The van der Waals surface area contributed by atoms with E-state index in [9.17, 15) is 9.59 Å². The molecule has 0 aromatic carbocycles. The van der Waals surface area contributed by atoms with Gasteiger partial charge in [0, 0.05) is 45.7 Å². The normalized spacial score (nSPS) is 15.2. The lowest BCUT2D eigenvalue weighted by Gasteiger charge is -2.29. The van der Waals surface area contributed by atoms with Crippen LogP contribution in [-0.4, -0.2) is 60.5 Å². The number of hydrogen-bond acceptors (Lipinski definition) is 5. The molecule has 0 spiro atoms. The van der Waals surface area contributed by atoms with Gasteiger partial charge in [-0.05, 0) is 0 Å². The van der Waals surface area contributed by atoms with Gasteiger partial charge in [0.2, 0.25) is 5.91 Å². The zero-order chi connectivity index (χ0) is 14.5. The van der Waals surface area contributed by atoms with Gasteiger partial charge in [-0.15, -0.1) is 0 Å². The number of carbonyl (C=O) groups is 1. The molecule has 1 aliphatic heterocycles. The van der Waals surface area contributed by atoms with Crippen LogP contribution in [0, 0.1) is 0 Å². The van der Waals surface area contributed by atoms with Gasteiger partial charge in [0.05, 0.1) is 6.54 Å². The van der Waals surface area contributed by atoms with E-state index in [0.717, 1.165) is 26.2 Å². The summed E-state index contributed by atoms with van der Waals surface area (Å²) in [5.74, 6) is 1.23. The van der Waals surface area contributed by atoms with Crippen LogP contribution in [-0.2, 0) is 11.2 Å². The van der Waals surface area contributed by atoms with Crippen molar-refractivity contribution in [3.05, 3.63) is 22.2 Å². The van der Waals surface area contributed by atoms with E-state index >= 15 is 0 Å². The van der Waals surface area contributed by atoms with Crippen LogP contribution in [0.15, 0.2) is 10.9 Å². The summed E-state index contributed by atoms with van der Waals surface area (Å²) in [6, 6.07) is 1.42. The number of amides is 1. The number of anilines is 1. The number of aryl methyl sites for hydroxylation is 1. The lowest BCUT2D eigenvalue weighted by atomic mass is 10.3. The number of hydrogen-bond donors (Lipinski definition) is 2. The lowest BCUT2D eigenvalue weighted by molar-refractivity contribution is -0.130. The van der Waals surface area contributed by atoms with Gasteiger partial charge in [-0.1, -0.05) is 6.92 Å². The van der Waals surface area contributed by atoms with Crippen molar-refractivity contribution < 1.29 is 4.79 Å². The molecule has 1 fully saturated rings. The molecule has 0 atom stereocenters. The molecule has 0 saturated carbocycles. The predicted octanol–water partition coefficient (Wildman–Crippen LogP) is -0.800. The van der Waals surface area contributed by atoms with Crippen LogP contribution in [0.3, 0.4) is 0 Å². The molecule has 0 radical (unpaired) electrons. The maximum atomic E-state index is 12.2. The Morgan fingerprint density at radius 1 is 1.45 bits per heavy atom. The molecule has 110 valence electrons. The third-order valence-corrected chi connectivity index (χ3v) is 3.35. The summed E-state index contributed by atoms with van der Waals surface area (Å²) in [6.45, 7) is 5.29. The zero-order valence-corrected chi connectivity index (χ0v) is 12.0. The van der Waals surface area contributed by atoms with Crippen LogP contribution in [0.25, 0.3) is 0 Å². The number of nitrogens with one attached hydrogen (secondary N) is 2. The Balaban J connectivity index is 2.03. The van der Waals surface area contributed by atoms with E-state index in [-0.39, 0.29) is 18.0 Å². The van der Waals surface area contributed by atoms with Gasteiger partial charge in [0.15, 0.2) is 0 Å². The number of piperazine rings is 1. The molecule has 1 aromatic rings. The summed E-state index contributed by atoms with van der Waals surface area (Å²) >= 11 is 0. The largest absolute Gasteiger partial charge is 0.350 e. The molecule has 2 heterocycles. The smallest absolute Gasteiger partial charge is 0.252 e. The van der Waals surface area contributed by atoms with Crippen LogP contribution >= 0.6 is 0 Å². The average Bonchev–Trinajstić information content (AvgIpc) is 2.47. The molecule has 20 heavy (non-hydrogen) atoms. The monoisotopic (exact) mass is 279 g/mol. The minimum atomic E-state index is -0.187. The average molecular weight is 279 g/mol. The van der Waals surface area contributed by atoms with Crippen LogP contribution in [0.4, 0.5) is 5.82 Å². The molecule has 0 unspecified atom stereocenters. The SMILES string of the molecule is CCc1nc(N(C)CC(=O)N2CCNCC2)cc(=O)[nH]1. The van der Waals surface area contributed by atoms with Crippen LogP contribution in [0.2, 0.25) is 0 Å². The topological polar surface area (TPSA) is 81.3 Å². The van der Waals surface area contributed by atoms with E-state index in [4.69, 9.17) is 0 Å². The molecule has 7 heteroatoms. The van der Waals surface area contributed by atoms with Crippen LogP contribution in [0.1, 0.15) is 12.7 Å². The third kappa shape index (κ3) is 3.57. The summed E-state index contributed by atoms with van der Waals surface area (Å²) in [5.41, 5.74) is -0.187. The number of H-pyrrole nitrogens is 1. The van der Waals surface area contributed by atoms with Crippen LogP contribution < -0.4 is 15.8 Å². The number of carbonyl (C=O) groups excluding carboxylic acids is 1. The quantitative estimate of drug-likeness (QED) is 0.754. The molecule has 7 nitrogen and oxygen atoms in total. The van der Waals surface area contributed by atoms with Crippen molar-refractivity contribution in [2.45, 2.75) is 13.3 Å². The predicted molar refractivity (Wildman–Crippen MR) is 77.0 cm³/mol. The fourth-order valence-electron chi connectivity index (χ4n) is 2.16. The molecule has 0 aliphatic carbocycles. The number of nitrogens with zero attached hydrogens (tertiary/aromatic N) is 3. The molecule has 1 amide bonds. The number of aromatic nitrogens is 2. The number of likely N-dealkylation sites (N-methyl/N-ethyl adjacent to an activating group) is 1. The summed E-state index contributed by atoms with van der Waals surface area (Å²) < 4.78 is 0. The highest BCUT2D eigenvalue weighted by molar-refractivity contribution is 5.81. The highest BCUT2D eigenvalue weighted by atomic mass is 16.2. The molecule has 0 bridgehead atoms. The van der Waals surface area contributed by atoms with Gasteiger partial charge < -0.3 is 20.1 Å². The fourth-order valence-corrected chi connectivity index (χ4v) is 2.16. The van der Waals surface area contributed by atoms with Gasteiger partial charge in [0.1, 0.15) is 11.6 Å². The van der Waals surface area contributed by atoms with E-state index in [0.29, 0.717) is 18.1 Å². The molecule has 1 aromatic heterocycles. The molecular formula is C13H21N5O2. The summed E-state index contributed by atoms with van der Waals surface area (Å²) in [7, 11) is 1.78. The minimum Gasteiger partial charge on any atom is -0.350 e. The summed E-state index contributed by atoms with van der Waals surface area (Å²) in [6.07, 6.45) is 0.655. The zero-order valence-electron chi connectivity index (χ0n) is 12.0. The Labute approximate surface area is 118 Å². The molecule has 2 rings (SSSR count). The van der Waals surface area contributed by atoms with Crippen molar-refractivity contribution in [1.82, 2.24) is 20.2 Å². The Kier molecular flexibility index (Phi) is 4.73. The first-order chi connectivity index (χ1) is 9.60. The third-order valence-electron chi connectivity index (χ3n) is 3.35. The first-order valence-corrected chi connectivity index (χ1v) is 6.90. The second-order valence-corrected chi connectivity index (χ2v) is 4.89. The second-order valence-electron chi connectivity index (χ2n) is 4.89. The van der Waals surface area contributed by atoms with Crippen molar-refractivity contribution >= 4 is 11.7 Å². The van der Waals surface area contributed by atoms with E-state index in [1.807, 2.05) is 11.8 Å². The van der Waals surface area contributed by atoms with Crippen LogP contribution in [0.5, 0.6) is 0 Å². The van der Waals surface area contributed by atoms with Gasteiger partial charge in [-0.25, -0.2) is 4.98 Å². The van der Waals surface area contributed by atoms with Crippen molar-refractivity contribution in [3.8, 4) is 0 Å². The molecular weight excluding hydrogens is 258 g/mol. The fraction of sp³-hybridized carbons (Fsp3) is 0.615. The maximum Gasteiger partial charge on any atom is 0.252 e. The van der Waals surface area contributed by atoms with Crippen molar-refractivity contribution in [2.75, 3.05) is 44.7 Å². The van der Waals surface area contributed by atoms with E-state index in [1.165, 1.54) is 6.07 Å². The van der Waals surface area contributed by atoms with Gasteiger partial charge >= 0.3 is 0 Å². The number of aromatic amines is 1. The second kappa shape index (κ2) is 6.51. The highest BCUT2D eigenvalue weighted by Gasteiger charge is 2.18. The van der Waals surface area contributed by atoms with E-state index in [2.05, 4.69) is 15.3 Å². The molecule has 1 aliphatic rings. The van der Waals surface area contributed by atoms with Gasteiger partial charge in [-0.3, -0.25) is 9.59 Å². The first-order valence-electron chi connectivity index (χ1n) is 6.90. The Morgan fingerprint density at radius 2 is 2.15 bits per heavy atom. The first kappa shape index (κ1) is 14.5. The summed E-state index contributed by atoms with van der Waals surface area (Å²) in [5, 5.41) is 3.21. The van der Waals surface area contributed by atoms with Gasteiger partial charge in [-0.2, -0.15) is 0 Å². The minimum absolute atomic E-state index is 0.0640. The van der Waals surface area contributed by atoms with Crippen molar-refractivity contribution in [1.29, 1.82) is 0 Å². The Hall–Kier alpha value is -1.89. The Morgan fingerprint density at radius 3 is 2.80 bits per heavy atom. The molecule has 2 N–H and O–H groups in total. The summed E-state index contributed by atoms with van der Waals surface area (Å²) in [4.78, 5) is 34.3.